The van der Waals surface area contributed by atoms with E-state index in [-0.39, 0.29) is 0 Å². The first-order valence-corrected chi connectivity index (χ1v) is 4.10. The molecule has 0 aliphatic carbocycles. The fourth-order valence-corrected chi connectivity index (χ4v) is 1.17. The fourth-order valence-electron chi connectivity index (χ4n) is 1.17. The zero-order valence-electron chi connectivity index (χ0n) is 7.12. The van der Waals surface area contributed by atoms with Crippen LogP contribution in [0.2, 0.25) is 0 Å². The molecular formula is C9H14N2. The van der Waals surface area contributed by atoms with E-state index in [1.807, 2.05) is 6.07 Å². The lowest BCUT2D eigenvalue weighted by atomic mass is 10.0. The summed E-state index contributed by atoms with van der Waals surface area (Å²) >= 11 is 0. The molecule has 1 unspecified atom stereocenters. The number of rotatable bonds is 3. The summed E-state index contributed by atoms with van der Waals surface area (Å²) in [5.41, 5.74) is 1.15. The Morgan fingerprint density at radius 2 is 2.36 bits per heavy atom. The van der Waals surface area contributed by atoms with E-state index in [1.54, 1.807) is 12.5 Å². The van der Waals surface area contributed by atoms with Gasteiger partial charge < -0.3 is 0 Å². The minimum Gasteiger partial charge on any atom is -0.245 e. The third-order valence-corrected chi connectivity index (χ3v) is 1.83. The average Bonchev–Trinajstić information content (AvgIpc) is 2.07. The molecule has 1 heterocycles. The van der Waals surface area contributed by atoms with Crippen molar-refractivity contribution in [3.8, 4) is 0 Å². The highest BCUT2D eigenvalue weighted by Crippen LogP contribution is 2.16. The molecule has 2 nitrogen and oxygen atoms in total. The lowest BCUT2D eigenvalue weighted by molar-refractivity contribution is 0.645. The van der Waals surface area contributed by atoms with Crippen molar-refractivity contribution in [2.75, 3.05) is 0 Å². The molecule has 1 aromatic heterocycles. The van der Waals surface area contributed by atoms with Crippen LogP contribution in [0, 0.1) is 0 Å². The second kappa shape index (κ2) is 4.06. The van der Waals surface area contributed by atoms with Crippen molar-refractivity contribution in [1.29, 1.82) is 0 Å². The van der Waals surface area contributed by atoms with Crippen molar-refractivity contribution < 1.29 is 0 Å². The molecule has 0 bridgehead atoms. The molecule has 0 amide bonds. The molecule has 2 heteroatoms. The van der Waals surface area contributed by atoms with Crippen LogP contribution in [0.4, 0.5) is 0 Å². The maximum atomic E-state index is 4.19. The van der Waals surface area contributed by atoms with Crippen molar-refractivity contribution in [1.82, 2.24) is 9.97 Å². The summed E-state index contributed by atoms with van der Waals surface area (Å²) in [5.74, 6) is 0.572. The van der Waals surface area contributed by atoms with E-state index in [2.05, 4.69) is 23.8 Å². The Morgan fingerprint density at radius 3 is 2.91 bits per heavy atom. The van der Waals surface area contributed by atoms with Gasteiger partial charge in [-0.15, -0.1) is 0 Å². The summed E-state index contributed by atoms with van der Waals surface area (Å²) in [6.45, 7) is 4.39. The quantitative estimate of drug-likeness (QED) is 0.661. The highest BCUT2D eigenvalue weighted by molar-refractivity contribution is 5.03. The van der Waals surface area contributed by atoms with Gasteiger partial charge in [-0.05, 0) is 18.4 Å². The van der Waals surface area contributed by atoms with E-state index in [4.69, 9.17) is 0 Å². The van der Waals surface area contributed by atoms with Crippen molar-refractivity contribution in [3.05, 3.63) is 24.3 Å². The van der Waals surface area contributed by atoms with Crippen molar-refractivity contribution in [2.24, 2.45) is 0 Å². The van der Waals surface area contributed by atoms with Gasteiger partial charge in [0.05, 0.1) is 0 Å². The molecule has 1 atom stereocenters. The van der Waals surface area contributed by atoms with Gasteiger partial charge in [-0.1, -0.05) is 20.3 Å². The Hall–Kier alpha value is -0.920. The fraction of sp³-hybridized carbons (Fsp3) is 0.556. The van der Waals surface area contributed by atoms with Crippen LogP contribution in [-0.4, -0.2) is 9.97 Å². The largest absolute Gasteiger partial charge is 0.245 e. The summed E-state index contributed by atoms with van der Waals surface area (Å²) in [4.78, 5) is 8.06. The van der Waals surface area contributed by atoms with E-state index >= 15 is 0 Å². The van der Waals surface area contributed by atoms with E-state index < -0.39 is 0 Å². The minimum absolute atomic E-state index is 0.572. The Morgan fingerprint density at radius 1 is 1.55 bits per heavy atom. The van der Waals surface area contributed by atoms with Gasteiger partial charge in [0.15, 0.2) is 0 Å². The van der Waals surface area contributed by atoms with Crippen molar-refractivity contribution in [3.63, 3.8) is 0 Å². The minimum atomic E-state index is 0.572. The Kier molecular flexibility index (Phi) is 3.02. The number of hydrogen-bond donors (Lipinski definition) is 0. The summed E-state index contributed by atoms with van der Waals surface area (Å²) in [7, 11) is 0. The zero-order chi connectivity index (χ0) is 8.10. The van der Waals surface area contributed by atoms with Gasteiger partial charge in [-0.25, -0.2) is 9.97 Å². The normalized spacial score (nSPS) is 12.9. The first-order valence-electron chi connectivity index (χ1n) is 4.10. The maximum absolute atomic E-state index is 4.19. The highest BCUT2D eigenvalue weighted by Gasteiger charge is 2.03. The summed E-state index contributed by atoms with van der Waals surface area (Å²) < 4.78 is 0. The van der Waals surface area contributed by atoms with Crippen LogP contribution in [0.5, 0.6) is 0 Å². The SMILES string of the molecule is CCCC(C)c1ccncn1. The topological polar surface area (TPSA) is 25.8 Å². The molecule has 0 saturated heterocycles. The molecule has 0 spiro atoms. The van der Waals surface area contributed by atoms with Crippen LogP contribution in [0.3, 0.4) is 0 Å². The van der Waals surface area contributed by atoms with Crippen LogP contribution in [0.25, 0.3) is 0 Å². The van der Waals surface area contributed by atoms with Gasteiger partial charge in [0.25, 0.3) is 0 Å². The van der Waals surface area contributed by atoms with E-state index in [0.717, 1.165) is 5.69 Å². The lowest BCUT2D eigenvalue weighted by Gasteiger charge is -2.07. The molecule has 0 aromatic carbocycles. The van der Waals surface area contributed by atoms with Gasteiger partial charge in [-0.3, -0.25) is 0 Å². The molecule has 11 heavy (non-hydrogen) atoms. The second-order valence-electron chi connectivity index (χ2n) is 2.82. The Balaban J connectivity index is 2.61. The molecule has 1 aromatic rings. The third kappa shape index (κ3) is 2.30. The van der Waals surface area contributed by atoms with Gasteiger partial charge in [0.1, 0.15) is 6.33 Å². The summed E-state index contributed by atoms with van der Waals surface area (Å²) in [6, 6.07) is 1.99. The molecule has 0 aliphatic heterocycles. The third-order valence-electron chi connectivity index (χ3n) is 1.83. The number of aromatic nitrogens is 2. The van der Waals surface area contributed by atoms with Crippen LogP contribution < -0.4 is 0 Å². The van der Waals surface area contributed by atoms with Crippen LogP contribution in [0.15, 0.2) is 18.6 Å². The van der Waals surface area contributed by atoms with Crippen LogP contribution in [-0.2, 0) is 0 Å². The van der Waals surface area contributed by atoms with Crippen molar-refractivity contribution in [2.45, 2.75) is 32.6 Å². The smallest absolute Gasteiger partial charge is 0.115 e. The number of hydrogen-bond acceptors (Lipinski definition) is 2. The molecule has 1 rings (SSSR count). The van der Waals surface area contributed by atoms with Gasteiger partial charge >= 0.3 is 0 Å². The van der Waals surface area contributed by atoms with Crippen molar-refractivity contribution >= 4 is 0 Å². The predicted octanol–water partition coefficient (Wildman–Crippen LogP) is 2.38. The lowest BCUT2D eigenvalue weighted by Crippen LogP contribution is -1.95. The monoisotopic (exact) mass is 150 g/mol. The standard InChI is InChI=1S/C9H14N2/c1-3-4-8(2)9-5-6-10-7-11-9/h5-8H,3-4H2,1-2H3. The number of nitrogens with zero attached hydrogens (tertiary/aromatic N) is 2. The van der Waals surface area contributed by atoms with Crippen LogP contribution >= 0.6 is 0 Å². The molecule has 0 aliphatic rings. The van der Waals surface area contributed by atoms with E-state index in [0.29, 0.717) is 5.92 Å². The molecule has 0 N–H and O–H groups in total. The van der Waals surface area contributed by atoms with Crippen LogP contribution in [0.1, 0.15) is 38.3 Å². The van der Waals surface area contributed by atoms with E-state index in [1.165, 1.54) is 12.8 Å². The Labute approximate surface area is 67.7 Å². The molecule has 0 saturated carbocycles. The maximum Gasteiger partial charge on any atom is 0.115 e. The highest BCUT2D eigenvalue weighted by atomic mass is 14.8. The Bertz CT molecular complexity index is 196. The first kappa shape index (κ1) is 8.18. The molecule has 0 radical (unpaired) electrons. The first-order chi connectivity index (χ1) is 5.34. The second-order valence-corrected chi connectivity index (χ2v) is 2.82. The zero-order valence-corrected chi connectivity index (χ0v) is 7.12. The molecular weight excluding hydrogens is 136 g/mol. The molecule has 0 fully saturated rings. The van der Waals surface area contributed by atoms with Gasteiger partial charge in [0, 0.05) is 11.9 Å². The predicted molar refractivity (Wildman–Crippen MR) is 45.4 cm³/mol. The summed E-state index contributed by atoms with van der Waals surface area (Å²) in [5, 5.41) is 0. The average molecular weight is 150 g/mol. The summed E-state index contributed by atoms with van der Waals surface area (Å²) in [6.07, 6.45) is 5.83. The van der Waals surface area contributed by atoms with E-state index in [9.17, 15) is 0 Å². The van der Waals surface area contributed by atoms with Gasteiger partial charge in [-0.2, -0.15) is 0 Å². The van der Waals surface area contributed by atoms with Gasteiger partial charge in [0.2, 0.25) is 0 Å². The molecule has 60 valence electrons.